The number of phosphoric ester groups is 2. The molecule has 0 aromatic carbocycles. The van der Waals surface area contributed by atoms with Gasteiger partial charge in [-0.2, -0.15) is 0 Å². The molecule has 596 valence electrons. The highest BCUT2D eigenvalue weighted by atomic mass is 31.2. The van der Waals surface area contributed by atoms with Crippen LogP contribution >= 0.6 is 15.6 Å². The lowest BCUT2D eigenvalue weighted by Crippen LogP contribution is -2.30. The number of unbranched alkanes of at least 4 members (excludes halogenated alkanes) is 27. The number of hydrogen-bond donors (Lipinski definition) is 3. The van der Waals surface area contributed by atoms with Crippen molar-refractivity contribution in [3.05, 3.63) is 134 Å². The second kappa shape index (κ2) is 76.4. The van der Waals surface area contributed by atoms with Gasteiger partial charge in [0.1, 0.15) is 19.3 Å². The van der Waals surface area contributed by atoms with Crippen molar-refractivity contribution in [2.75, 3.05) is 39.6 Å². The van der Waals surface area contributed by atoms with Crippen molar-refractivity contribution in [2.45, 2.75) is 341 Å². The summed E-state index contributed by atoms with van der Waals surface area (Å²) in [7, 11) is -9.98. The largest absolute Gasteiger partial charge is 0.472 e. The van der Waals surface area contributed by atoms with Gasteiger partial charge in [-0.15, -0.1) is 0 Å². The van der Waals surface area contributed by atoms with Gasteiger partial charge in [0.2, 0.25) is 0 Å². The average Bonchev–Trinajstić information content (AvgIpc) is 0.906. The van der Waals surface area contributed by atoms with Gasteiger partial charge in [-0.05, 0) is 154 Å². The monoisotopic (exact) mass is 1500 g/mol. The third-order valence-corrected chi connectivity index (χ3v) is 18.4. The molecule has 0 saturated carbocycles. The van der Waals surface area contributed by atoms with Gasteiger partial charge in [0.15, 0.2) is 12.2 Å². The Morgan fingerprint density at radius 1 is 0.279 bits per heavy atom. The Labute approximate surface area is 631 Å². The summed E-state index contributed by atoms with van der Waals surface area (Å²) in [5.41, 5.74) is 0. The van der Waals surface area contributed by atoms with Crippen LogP contribution in [-0.4, -0.2) is 96.7 Å². The van der Waals surface area contributed by atoms with Crippen molar-refractivity contribution >= 4 is 39.5 Å². The van der Waals surface area contributed by atoms with Crippen molar-refractivity contribution < 1.29 is 80.2 Å². The minimum Gasteiger partial charge on any atom is -0.462 e. The molecule has 0 saturated heterocycles. The quantitative estimate of drug-likeness (QED) is 0.0169. The average molecular weight is 1500 g/mol. The minimum atomic E-state index is -4.99. The SMILES string of the molecule is CC/C=C\C/C=C\C/C=C\C/C=C\CCCCCCCCC(=O)OCC(COP(=O)(O)OCC(O)COP(=O)(O)OCC(COC(=O)CCCCCCC/C=C\C/C=C\CCC)OC(=O)CCCCCCC/C=C\C/C=C\CCC)OC(=O)CCCCCCCC/C=C\C/C=C\C/C=C\CCCCC. The summed E-state index contributed by atoms with van der Waals surface area (Å²) < 4.78 is 68.6. The lowest BCUT2D eigenvalue weighted by Gasteiger charge is -2.21. The van der Waals surface area contributed by atoms with E-state index in [0.717, 1.165) is 225 Å². The van der Waals surface area contributed by atoms with Crippen LogP contribution in [0.3, 0.4) is 0 Å². The van der Waals surface area contributed by atoms with Gasteiger partial charge >= 0.3 is 39.5 Å². The van der Waals surface area contributed by atoms with E-state index in [1.54, 1.807) is 0 Å². The zero-order chi connectivity index (χ0) is 76.0. The summed E-state index contributed by atoms with van der Waals surface area (Å²) in [5.74, 6) is -2.23. The molecule has 0 radical (unpaired) electrons. The Morgan fingerprint density at radius 3 is 0.808 bits per heavy atom. The van der Waals surface area contributed by atoms with Crippen LogP contribution in [0.2, 0.25) is 0 Å². The molecule has 5 atom stereocenters. The Hall–Kier alpha value is -4.80. The first-order valence-corrected chi connectivity index (χ1v) is 43.4. The molecular formula is C85H144O17P2. The number of esters is 4. The zero-order valence-electron chi connectivity index (χ0n) is 65.2. The molecule has 19 heteroatoms. The Bertz CT molecular complexity index is 2490. The van der Waals surface area contributed by atoms with Gasteiger partial charge in [-0.1, -0.05) is 277 Å². The van der Waals surface area contributed by atoms with E-state index in [2.05, 4.69) is 161 Å². The van der Waals surface area contributed by atoms with E-state index in [1.807, 2.05) is 0 Å². The van der Waals surface area contributed by atoms with Crippen molar-refractivity contribution in [3.8, 4) is 0 Å². The van der Waals surface area contributed by atoms with E-state index in [1.165, 1.54) is 19.3 Å². The van der Waals surface area contributed by atoms with E-state index < -0.39 is 97.5 Å². The van der Waals surface area contributed by atoms with Crippen molar-refractivity contribution in [3.63, 3.8) is 0 Å². The number of carbonyl (C=O) groups excluding carboxylic acids is 4. The first kappa shape index (κ1) is 99.2. The molecule has 0 spiro atoms. The third-order valence-electron chi connectivity index (χ3n) is 16.5. The van der Waals surface area contributed by atoms with E-state index in [-0.39, 0.29) is 25.7 Å². The Balaban J connectivity index is 5.39. The second-order valence-electron chi connectivity index (χ2n) is 26.6. The van der Waals surface area contributed by atoms with E-state index in [0.29, 0.717) is 25.7 Å². The number of aliphatic hydroxyl groups is 1. The summed E-state index contributed by atoms with van der Waals surface area (Å²) in [5, 5.41) is 10.6. The first-order valence-electron chi connectivity index (χ1n) is 40.4. The molecule has 0 aliphatic carbocycles. The van der Waals surface area contributed by atoms with Crippen LogP contribution in [0.4, 0.5) is 0 Å². The maximum absolute atomic E-state index is 13.1. The first-order chi connectivity index (χ1) is 50.7. The minimum absolute atomic E-state index is 0.0730. The number of allylic oxidation sites excluding steroid dienone is 22. The number of rotatable bonds is 75. The molecule has 0 rings (SSSR count). The summed E-state index contributed by atoms with van der Waals surface area (Å²) in [4.78, 5) is 73.0. The van der Waals surface area contributed by atoms with Crippen LogP contribution < -0.4 is 0 Å². The molecule has 3 N–H and O–H groups in total. The maximum Gasteiger partial charge on any atom is 0.472 e. The summed E-state index contributed by atoms with van der Waals surface area (Å²) in [6.07, 6.45) is 85.6. The highest BCUT2D eigenvalue weighted by molar-refractivity contribution is 7.47. The van der Waals surface area contributed by atoms with Gasteiger partial charge in [0.05, 0.1) is 26.4 Å². The van der Waals surface area contributed by atoms with E-state index in [4.69, 9.17) is 37.0 Å². The summed E-state index contributed by atoms with van der Waals surface area (Å²) >= 11 is 0. The normalized spacial score (nSPS) is 14.6. The predicted octanol–water partition coefficient (Wildman–Crippen LogP) is 23.7. The lowest BCUT2D eigenvalue weighted by molar-refractivity contribution is -0.161. The Kier molecular flexibility index (Phi) is 72.9. The molecular weight excluding hydrogens is 1350 g/mol. The fraction of sp³-hybridized carbons (Fsp3) is 0.694. The van der Waals surface area contributed by atoms with Crippen molar-refractivity contribution in [1.82, 2.24) is 0 Å². The topological polar surface area (TPSA) is 237 Å². The number of hydrogen-bond acceptors (Lipinski definition) is 15. The van der Waals surface area contributed by atoms with E-state index >= 15 is 0 Å². The van der Waals surface area contributed by atoms with Crippen molar-refractivity contribution in [2.24, 2.45) is 0 Å². The molecule has 0 heterocycles. The zero-order valence-corrected chi connectivity index (χ0v) is 66.9. The van der Waals surface area contributed by atoms with Crippen LogP contribution in [0.1, 0.15) is 323 Å². The van der Waals surface area contributed by atoms with Crippen molar-refractivity contribution in [1.29, 1.82) is 0 Å². The van der Waals surface area contributed by atoms with Gasteiger partial charge in [-0.25, -0.2) is 9.13 Å². The fourth-order valence-electron chi connectivity index (χ4n) is 10.4. The molecule has 0 aromatic heterocycles. The van der Waals surface area contributed by atoms with Gasteiger partial charge in [0.25, 0.3) is 0 Å². The number of phosphoric acid groups is 2. The lowest BCUT2D eigenvalue weighted by atomic mass is 10.1. The standard InChI is InChI=1S/C85H144O17P2/c1-5-9-13-17-21-25-29-33-35-37-39-41-43-47-50-54-58-62-66-70-83(88)96-76-81(102-85(90)72-68-64-60-56-52-48-44-42-40-38-36-34-30-26-22-18-14-10-6-2)78-100-104(93,94)98-74-79(86)73-97-103(91,92)99-77-80(101-84(89)71-67-63-59-55-51-46-32-28-24-20-16-12-8-4)75-95-82(87)69-65-61-57-53-49-45-31-27-23-19-15-11-7-3/h9,13,15-16,19-22,25-28,31-36,39-42,79-81,86H,5-8,10-12,14,17-18,23-24,29-30,37-38,43-78H2,1-4H3,(H,91,92)(H,93,94)/b13-9-,19-15-,20-16-,25-21-,26-22-,31-27-,32-28-,35-33-,36-34-,41-39-,42-40-. The molecule has 0 bridgehead atoms. The number of carbonyl (C=O) groups is 4. The van der Waals surface area contributed by atoms with Gasteiger partial charge < -0.3 is 33.8 Å². The second-order valence-corrected chi connectivity index (χ2v) is 29.5. The van der Waals surface area contributed by atoms with Crippen LogP contribution in [0, 0.1) is 0 Å². The molecule has 0 amide bonds. The third kappa shape index (κ3) is 75.4. The summed E-state index contributed by atoms with van der Waals surface area (Å²) in [6, 6.07) is 0. The smallest absolute Gasteiger partial charge is 0.462 e. The van der Waals surface area contributed by atoms with Crippen LogP contribution in [0.25, 0.3) is 0 Å². The van der Waals surface area contributed by atoms with Gasteiger partial charge in [0, 0.05) is 25.7 Å². The molecule has 104 heavy (non-hydrogen) atoms. The highest BCUT2D eigenvalue weighted by Crippen LogP contribution is 2.45. The van der Waals surface area contributed by atoms with Crippen LogP contribution in [0.15, 0.2) is 134 Å². The molecule has 0 aliphatic heterocycles. The molecule has 0 aliphatic rings. The highest BCUT2D eigenvalue weighted by Gasteiger charge is 2.30. The van der Waals surface area contributed by atoms with Crippen LogP contribution in [0.5, 0.6) is 0 Å². The molecule has 0 aromatic rings. The van der Waals surface area contributed by atoms with Gasteiger partial charge in [-0.3, -0.25) is 37.3 Å². The Morgan fingerprint density at radius 2 is 0.519 bits per heavy atom. The summed E-state index contributed by atoms with van der Waals surface area (Å²) in [6.45, 7) is 4.56. The number of aliphatic hydroxyl groups excluding tert-OH is 1. The molecule has 5 unspecified atom stereocenters. The van der Waals surface area contributed by atoms with E-state index in [9.17, 15) is 43.2 Å². The fourth-order valence-corrected chi connectivity index (χ4v) is 12.0. The number of ether oxygens (including phenoxy) is 4. The predicted molar refractivity (Wildman–Crippen MR) is 427 cm³/mol. The maximum atomic E-state index is 13.1. The van der Waals surface area contributed by atoms with Crippen LogP contribution in [-0.2, 0) is 65.4 Å². The molecule has 17 nitrogen and oxygen atoms in total. The molecule has 0 fully saturated rings.